The van der Waals surface area contributed by atoms with E-state index in [9.17, 15) is 10.1 Å². The molecule has 2 atom stereocenters. The molecule has 2 saturated heterocycles. The predicted molar refractivity (Wildman–Crippen MR) is 72.9 cm³/mol. The zero-order valence-corrected chi connectivity index (χ0v) is 10.9. The number of para-hydroxylation sites is 1. The average Bonchev–Trinajstić information content (AvgIpc) is 2.86. The Balaban J connectivity index is 1.70. The molecule has 0 spiro atoms. The third kappa shape index (κ3) is 2.62. The Hall–Kier alpha value is -1.46. The van der Waals surface area contributed by atoms with Crippen molar-refractivity contribution in [3.05, 3.63) is 39.9 Å². The van der Waals surface area contributed by atoms with Crippen molar-refractivity contribution in [1.29, 1.82) is 0 Å². The van der Waals surface area contributed by atoms with Gasteiger partial charge < -0.3 is 5.32 Å². The molecule has 0 aliphatic carbocycles. The first-order valence-corrected chi connectivity index (χ1v) is 6.92. The summed E-state index contributed by atoms with van der Waals surface area (Å²) in [6, 6.07) is 7.75. The van der Waals surface area contributed by atoms with Crippen molar-refractivity contribution in [2.45, 2.75) is 25.4 Å². The molecule has 0 bridgehead atoms. The Labute approximate surface area is 112 Å². The molecule has 19 heavy (non-hydrogen) atoms. The molecule has 102 valence electrons. The molecule has 0 radical (unpaired) electrons. The lowest BCUT2D eigenvalue weighted by Gasteiger charge is -2.34. The van der Waals surface area contributed by atoms with Gasteiger partial charge in [-0.2, -0.15) is 0 Å². The average molecular weight is 261 g/mol. The van der Waals surface area contributed by atoms with Crippen LogP contribution in [0.15, 0.2) is 24.3 Å². The van der Waals surface area contributed by atoms with Gasteiger partial charge in [-0.3, -0.25) is 15.0 Å². The van der Waals surface area contributed by atoms with Gasteiger partial charge in [0.1, 0.15) is 0 Å². The lowest BCUT2D eigenvalue weighted by Crippen LogP contribution is -2.43. The summed E-state index contributed by atoms with van der Waals surface area (Å²) in [5.41, 5.74) is 1.08. The maximum Gasteiger partial charge on any atom is 0.273 e. The van der Waals surface area contributed by atoms with E-state index in [0.717, 1.165) is 37.5 Å². The number of nitro groups is 1. The van der Waals surface area contributed by atoms with Crippen molar-refractivity contribution in [3.8, 4) is 0 Å². The fourth-order valence-corrected chi connectivity index (χ4v) is 3.33. The number of nitrogens with zero attached hydrogens (tertiary/aromatic N) is 2. The van der Waals surface area contributed by atoms with Crippen molar-refractivity contribution in [3.63, 3.8) is 0 Å². The molecular weight excluding hydrogens is 242 g/mol. The fraction of sp³-hybridized carbons (Fsp3) is 0.571. The van der Waals surface area contributed by atoms with Gasteiger partial charge in [-0.05, 0) is 31.8 Å². The van der Waals surface area contributed by atoms with Crippen LogP contribution in [0.1, 0.15) is 18.4 Å². The van der Waals surface area contributed by atoms with Crippen LogP contribution in [0.3, 0.4) is 0 Å². The molecule has 2 unspecified atom stereocenters. The number of piperidine rings is 1. The molecule has 1 N–H and O–H groups in total. The van der Waals surface area contributed by atoms with E-state index in [1.165, 1.54) is 6.42 Å². The van der Waals surface area contributed by atoms with Gasteiger partial charge in [0.25, 0.3) is 5.69 Å². The van der Waals surface area contributed by atoms with Gasteiger partial charge in [-0.25, -0.2) is 0 Å². The molecular formula is C14H19N3O2. The Bertz CT molecular complexity index is 478. The normalized spacial score (nSPS) is 27.2. The molecule has 2 fully saturated rings. The van der Waals surface area contributed by atoms with Crippen LogP contribution in [-0.4, -0.2) is 35.5 Å². The summed E-state index contributed by atoms with van der Waals surface area (Å²) in [7, 11) is 0. The summed E-state index contributed by atoms with van der Waals surface area (Å²) in [6.45, 7) is 3.90. The molecule has 5 nitrogen and oxygen atoms in total. The zero-order valence-electron chi connectivity index (χ0n) is 10.9. The number of rotatable bonds is 3. The molecule has 2 aliphatic rings. The molecule has 0 saturated carbocycles. The molecule has 0 amide bonds. The maximum atomic E-state index is 11.0. The highest BCUT2D eigenvalue weighted by Crippen LogP contribution is 2.27. The van der Waals surface area contributed by atoms with E-state index in [1.54, 1.807) is 12.1 Å². The third-order valence-corrected chi connectivity index (χ3v) is 4.32. The summed E-state index contributed by atoms with van der Waals surface area (Å²) in [4.78, 5) is 13.1. The number of nitro benzene ring substituents is 1. The SMILES string of the molecule is O=[N+]([O-])c1ccccc1CN1CCC2NCCC2C1. The van der Waals surface area contributed by atoms with Gasteiger partial charge in [-0.15, -0.1) is 0 Å². The highest BCUT2D eigenvalue weighted by atomic mass is 16.6. The summed E-state index contributed by atoms with van der Waals surface area (Å²) < 4.78 is 0. The summed E-state index contributed by atoms with van der Waals surface area (Å²) in [5, 5.41) is 14.6. The Morgan fingerprint density at radius 2 is 2.21 bits per heavy atom. The Kier molecular flexibility index (Phi) is 3.48. The van der Waals surface area contributed by atoms with Crippen molar-refractivity contribution >= 4 is 5.69 Å². The quantitative estimate of drug-likeness (QED) is 0.665. The van der Waals surface area contributed by atoms with Crippen LogP contribution in [0.25, 0.3) is 0 Å². The second kappa shape index (κ2) is 5.27. The van der Waals surface area contributed by atoms with Crippen molar-refractivity contribution < 1.29 is 4.92 Å². The van der Waals surface area contributed by atoms with Crippen LogP contribution >= 0.6 is 0 Å². The van der Waals surface area contributed by atoms with Gasteiger partial charge >= 0.3 is 0 Å². The number of nitrogens with one attached hydrogen (secondary N) is 1. The number of benzene rings is 1. The molecule has 3 rings (SSSR count). The van der Waals surface area contributed by atoms with Crippen LogP contribution in [0.2, 0.25) is 0 Å². The van der Waals surface area contributed by atoms with Gasteiger partial charge in [0.2, 0.25) is 0 Å². The van der Waals surface area contributed by atoms with E-state index < -0.39 is 0 Å². The minimum atomic E-state index is -0.279. The first-order valence-electron chi connectivity index (χ1n) is 6.92. The van der Waals surface area contributed by atoms with Gasteiger partial charge in [0.15, 0.2) is 0 Å². The largest absolute Gasteiger partial charge is 0.314 e. The van der Waals surface area contributed by atoms with Crippen LogP contribution in [0, 0.1) is 16.0 Å². The lowest BCUT2D eigenvalue weighted by molar-refractivity contribution is -0.385. The van der Waals surface area contributed by atoms with E-state index >= 15 is 0 Å². The number of likely N-dealkylation sites (tertiary alicyclic amines) is 1. The molecule has 2 aliphatic heterocycles. The molecule has 5 heteroatoms. The second-order valence-corrected chi connectivity index (χ2v) is 5.52. The second-order valence-electron chi connectivity index (χ2n) is 5.52. The standard InChI is InChI=1S/C14H19N3O2/c18-17(19)14-4-2-1-3-12(14)10-16-8-6-13-11(9-16)5-7-15-13/h1-4,11,13,15H,5-10H2. The lowest BCUT2D eigenvalue weighted by atomic mass is 9.93. The van der Waals surface area contributed by atoms with E-state index in [-0.39, 0.29) is 10.6 Å². The Morgan fingerprint density at radius 1 is 1.37 bits per heavy atom. The highest BCUT2D eigenvalue weighted by molar-refractivity contribution is 5.39. The monoisotopic (exact) mass is 261 g/mol. The number of fused-ring (bicyclic) bond motifs is 1. The fourth-order valence-electron chi connectivity index (χ4n) is 3.33. The molecule has 1 aromatic carbocycles. The molecule has 1 aromatic rings. The number of hydrogen-bond acceptors (Lipinski definition) is 4. The predicted octanol–water partition coefficient (Wildman–Crippen LogP) is 1.78. The summed E-state index contributed by atoms with van der Waals surface area (Å²) in [5.74, 6) is 0.719. The van der Waals surface area contributed by atoms with Gasteiger partial charge in [-0.1, -0.05) is 18.2 Å². The smallest absolute Gasteiger partial charge is 0.273 e. The van der Waals surface area contributed by atoms with E-state index in [2.05, 4.69) is 10.2 Å². The van der Waals surface area contributed by atoms with E-state index in [4.69, 9.17) is 0 Å². The van der Waals surface area contributed by atoms with Crippen molar-refractivity contribution in [2.24, 2.45) is 5.92 Å². The molecule has 0 aromatic heterocycles. The van der Waals surface area contributed by atoms with Gasteiger partial charge in [0, 0.05) is 30.8 Å². The van der Waals surface area contributed by atoms with Crippen molar-refractivity contribution in [1.82, 2.24) is 10.2 Å². The van der Waals surface area contributed by atoms with Crippen LogP contribution in [0.4, 0.5) is 5.69 Å². The minimum Gasteiger partial charge on any atom is -0.314 e. The van der Waals surface area contributed by atoms with Crippen LogP contribution in [0.5, 0.6) is 0 Å². The Morgan fingerprint density at radius 3 is 3.05 bits per heavy atom. The van der Waals surface area contributed by atoms with E-state index in [0.29, 0.717) is 12.6 Å². The minimum absolute atomic E-state index is 0.245. The molecule has 2 heterocycles. The topological polar surface area (TPSA) is 58.4 Å². The first-order chi connectivity index (χ1) is 9.24. The number of hydrogen-bond donors (Lipinski definition) is 1. The summed E-state index contributed by atoms with van der Waals surface area (Å²) in [6.07, 6.45) is 2.39. The highest BCUT2D eigenvalue weighted by Gasteiger charge is 2.32. The van der Waals surface area contributed by atoms with E-state index in [1.807, 2.05) is 12.1 Å². The maximum absolute atomic E-state index is 11.0. The zero-order chi connectivity index (χ0) is 13.2. The third-order valence-electron chi connectivity index (χ3n) is 4.32. The van der Waals surface area contributed by atoms with Crippen LogP contribution in [-0.2, 0) is 6.54 Å². The van der Waals surface area contributed by atoms with Crippen molar-refractivity contribution in [2.75, 3.05) is 19.6 Å². The van der Waals surface area contributed by atoms with Crippen LogP contribution < -0.4 is 5.32 Å². The first kappa shape index (κ1) is 12.6. The summed E-state index contributed by atoms with van der Waals surface area (Å²) >= 11 is 0. The van der Waals surface area contributed by atoms with Gasteiger partial charge in [0.05, 0.1) is 4.92 Å².